The summed E-state index contributed by atoms with van der Waals surface area (Å²) in [5, 5.41) is 23.9. The molecule has 0 spiro atoms. The van der Waals surface area contributed by atoms with Gasteiger partial charge in [-0.25, -0.2) is 9.59 Å². The van der Waals surface area contributed by atoms with Crippen molar-refractivity contribution in [1.29, 1.82) is 0 Å². The van der Waals surface area contributed by atoms with E-state index in [0.29, 0.717) is 0 Å². The summed E-state index contributed by atoms with van der Waals surface area (Å²) in [7, 11) is 0. The predicted molar refractivity (Wildman–Crippen MR) is 126 cm³/mol. The topological polar surface area (TPSA) is 125 Å². The zero-order valence-corrected chi connectivity index (χ0v) is 18.4. The van der Waals surface area contributed by atoms with E-state index in [1.807, 2.05) is 36.4 Å². The first-order valence-electron chi connectivity index (χ1n) is 10.8. The lowest BCUT2D eigenvalue weighted by molar-refractivity contribution is -0.116. The van der Waals surface area contributed by atoms with Gasteiger partial charge in [-0.3, -0.25) is 4.79 Å². The van der Waals surface area contributed by atoms with Gasteiger partial charge in [-0.1, -0.05) is 48.5 Å². The minimum Gasteiger partial charge on any atom is -0.507 e. The number of amides is 2. The number of anilines is 1. The van der Waals surface area contributed by atoms with Crippen molar-refractivity contribution < 1.29 is 29.3 Å². The second-order valence-electron chi connectivity index (χ2n) is 8.16. The number of aromatic hydroxyl groups is 1. The molecule has 8 nitrogen and oxygen atoms in total. The molecular weight excluding hydrogens is 436 g/mol. The molecule has 2 amide bonds. The minimum absolute atomic E-state index is 0.0481. The zero-order valence-electron chi connectivity index (χ0n) is 18.4. The molecule has 0 radical (unpaired) electrons. The van der Waals surface area contributed by atoms with Crippen LogP contribution in [-0.4, -0.2) is 40.8 Å². The van der Waals surface area contributed by atoms with Crippen LogP contribution in [-0.2, 0) is 9.53 Å². The monoisotopic (exact) mass is 460 g/mol. The fourth-order valence-corrected chi connectivity index (χ4v) is 4.17. The van der Waals surface area contributed by atoms with Crippen LogP contribution < -0.4 is 10.6 Å². The van der Waals surface area contributed by atoms with E-state index >= 15 is 0 Å². The number of ether oxygens (including phenoxy) is 1. The van der Waals surface area contributed by atoms with E-state index < -0.39 is 29.8 Å². The van der Waals surface area contributed by atoms with Crippen molar-refractivity contribution in [1.82, 2.24) is 5.32 Å². The maximum atomic E-state index is 12.4. The number of carbonyl (C=O) groups excluding carboxylic acids is 2. The Morgan fingerprint density at radius 2 is 1.59 bits per heavy atom. The number of phenols is 1. The second-order valence-corrected chi connectivity index (χ2v) is 8.16. The number of rotatable bonds is 7. The van der Waals surface area contributed by atoms with Gasteiger partial charge in [-0.15, -0.1) is 0 Å². The smallest absolute Gasteiger partial charge is 0.407 e. The first kappa shape index (κ1) is 22.8. The summed E-state index contributed by atoms with van der Waals surface area (Å²) in [4.78, 5) is 35.8. The van der Waals surface area contributed by atoms with Gasteiger partial charge in [-0.2, -0.15) is 0 Å². The van der Waals surface area contributed by atoms with Gasteiger partial charge in [0.05, 0.1) is 0 Å². The van der Waals surface area contributed by atoms with Crippen molar-refractivity contribution in [3.05, 3.63) is 83.4 Å². The number of carboxylic acids is 1. The number of benzene rings is 3. The van der Waals surface area contributed by atoms with E-state index in [-0.39, 0.29) is 30.2 Å². The van der Waals surface area contributed by atoms with Gasteiger partial charge in [0.25, 0.3) is 0 Å². The number of carboxylic acid groups (broad SMARTS) is 1. The Bertz CT molecular complexity index is 1210. The van der Waals surface area contributed by atoms with Gasteiger partial charge < -0.3 is 25.6 Å². The molecule has 0 aliphatic heterocycles. The molecule has 0 heterocycles. The number of hydrogen-bond acceptors (Lipinski definition) is 5. The third-order valence-electron chi connectivity index (χ3n) is 5.71. The summed E-state index contributed by atoms with van der Waals surface area (Å²) in [6.45, 7) is 1.84. The van der Waals surface area contributed by atoms with Crippen molar-refractivity contribution in [2.45, 2.75) is 25.3 Å². The number of fused-ring (bicyclic) bond motifs is 3. The fourth-order valence-electron chi connectivity index (χ4n) is 4.17. The maximum absolute atomic E-state index is 12.4. The van der Waals surface area contributed by atoms with Crippen molar-refractivity contribution in [2.24, 2.45) is 0 Å². The number of carbonyl (C=O) groups is 3. The van der Waals surface area contributed by atoms with E-state index in [1.54, 1.807) is 6.92 Å². The predicted octanol–water partition coefficient (Wildman–Crippen LogP) is 4.35. The minimum atomic E-state index is -1.31. The molecule has 34 heavy (non-hydrogen) atoms. The molecule has 8 heteroatoms. The average Bonchev–Trinajstić information content (AvgIpc) is 3.12. The molecule has 0 saturated carbocycles. The number of aromatic carboxylic acids is 1. The Morgan fingerprint density at radius 3 is 2.21 bits per heavy atom. The molecule has 0 unspecified atom stereocenters. The summed E-state index contributed by atoms with van der Waals surface area (Å²) >= 11 is 0. The molecule has 0 saturated heterocycles. The second kappa shape index (κ2) is 9.66. The molecule has 3 aromatic rings. The van der Waals surface area contributed by atoms with E-state index in [0.717, 1.165) is 22.3 Å². The highest BCUT2D eigenvalue weighted by molar-refractivity contribution is 5.95. The van der Waals surface area contributed by atoms with Crippen LogP contribution >= 0.6 is 0 Å². The summed E-state index contributed by atoms with van der Waals surface area (Å²) in [5.41, 5.74) is 4.41. The highest BCUT2D eigenvalue weighted by atomic mass is 16.5. The molecule has 0 bridgehead atoms. The molecule has 3 aromatic carbocycles. The molecule has 0 aromatic heterocycles. The molecule has 0 fully saturated rings. The van der Waals surface area contributed by atoms with E-state index in [4.69, 9.17) is 9.84 Å². The molecule has 1 aliphatic carbocycles. The van der Waals surface area contributed by atoms with Crippen LogP contribution in [0.25, 0.3) is 11.1 Å². The summed E-state index contributed by atoms with van der Waals surface area (Å²) in [6.07, 6.45) is -0.673. The Balaban J connectivity index is 1.30. The molecule has 4 rings (SSSR count). The lowest BCUT2D eigenvalue weighted by atomic mass is 9.98. The molecule has 4 N–H and O–H groups in total. The van der Waals surface area contributed by atoms with Crippen molar-refractivity contribution in [3.63, 3.8) is 0 Å². The van der Waals surface area contributed by atoms with Gasteiger partial charge in [0.15, 0.2) is 0 Å². The number of alkyl carbamates (subject to hydrolysis) is 1. The Hall–Kier alpha value is -4.33. The van der Waals surface area contributed by atoms with E-state index in [1.165, 1.54) is 18.2 Å². The van der Waals surface area contributed by atoms with Crippen LogP contribution in [0.4, 0.5) is 10.5 Å². The van der Waals surface area contributed by atoms with Crippen molar-refractivity contribution >= 4 is 23.7 Å². The molecule has 1 aliphatic rings. The molecule has 174 valence electrons. The zero-order chi connectivity index (χ0) is 24.2. The largest absolute Gasteiger partial charge is 0.507 e. The van der Waals surface area contributed by atoms with Gasteiger partial charge in [-0.05, 0) is 47.4 Å². The van der Waals surface area contributed by atoms with E-state index in [9.17, 15) is 19.5 Å². The number of hydrogen-bond donors (Lipinski definition) is 4. The first-order valence-corrected chi connectivity index (χ1v) is 10.8. The van der Waals surface area contributed by atoms with Gasteiger partial charge in [0, 0.05) is 24.1 Å². The first-order chi connectivity index (χ1) is 16.3. The van der Waals surface area contributed by atoms with Gasteiger partial charge in [0.1, 0.15) is 17.9 Å². The Kier molecular flexibility index (Phi) is 6.49. The summed E-state index contributed by atoms with van der Waals surface area (Å²) in [6, 6.07) is 19.3. The number of nitrogens with one attached hydrogen (secondary N) is 2. The van der Waals surface area contributed by atoms with Crippen LogP contribution in [0.5, 0.6) is 5.75 Å². The summed E-state index contributed by atoms with van der Waals surface area (Å²) < 4.78 is 5.49. The standard InChI is InChI=1S/C26H24N2O6/c1-15(12-24(30)28-16-10-11-23(29)21(13-16)25(31)32)27-26(33)34-14-22-19-8-4-2-6-17(19)18-7-3-5-9-20(18)22/h2-11,13,15,22,29H,12,14H2,1H3,(H,27,33)(H,28,30)(H,31,32)/t15-/m1/s1. The molecular formula is C26H24N2O6. The highest BCUT2D eigenvalue weighted by Crippen LogP contribution is 2.44. The lowest BCUT2D eigenvalue weighted by Crippen LogP contribution is -2.36. The normalized spacial score (nSPS) is 12.9. The third kappa shape index (κ3) is 4.85. The fraction of sp³-hybridized carbons (Fsp3) is 0.192. The van der Waals surface area contributed by atoms with Crippen molar-refractivity contribution in [2.75, 3.05) is 11.9 Å². The summed E-state index contributed by atoms with van der Waals surface area (Å²) in [5.74, 6) is -2.18. The maximum Gasteiger partial charge on any atom is 0.407 e. The lowest BCUT2D eigenvalue weighted by Gasteiger charge is -2.17. The van der Waals surface area contributed by atoms with Crippen LogP contribution in [0.3, 0.4) is 0 Å². The Morgan fingerprint density at radius 1 is 0.971 bits per heavy atom. The molecule has 1 atom stereocenters. The van der Waals surface area contributed by atoms with Crippen LogP contribution in [0.1, 0.15) is 40.7 Å². The van der Waals surface area contributed by atoms with Crippen LogP contribution in [0.15, 0.2) is 66.7 Å². The third-order valence-corrected chi connectivity index (χ3v) is 5.71. The van der Waals surface area contributed by atoms with Gasteiger partial charge in [0.2, 0.25) is 5.91 Å². The average molecular weight is 460 g/mol. The van der Waals surface area contributed by atoms with Crippen LogP contribution in [0, 0.1) is 0 Å². The van der Waals surface area contributed by atoms with E-state index in [2.05, 4.69) is 22.8 Å². The van der Waals surface area contributed by atoms with Crippen LogP contribution in [0.2, 0.25) is 0 Å². The quantitative estimate of drug-likeness (QED) is 0.389. The van der Waals surface area contributed by atoms with Gasteiger partial charge >= 0.3 is 12.1 Å². The SMILES string of the molecule is C[C@H](CC(=O)Nc1ccc(O)c(C(=O)O)c1)NC(=O)OCC1c2ccccc2-c2ccccc21. The van der Waals surface area contributed by atoms with Crippen molar-refractivity contribution in [3.8, 4) is 16.9 Å². The highest BCUT2D eigenvalue weighted by Gasteiger charge is 2.29. The Labute approximate surface area is 196 Å².